The van der Waals surface area contributed by atoms with Gasteiger partial charge in [0.25, 0.3) is 0 Å². The number of aromatic nitrogens is 2. The van der Waals surface area contributed by atoms with Gasteiger partial charge in [0.05, 0.1) is 14.9 Å². The Morgan fingerprint density at radius 3 is 2.86 bits per heavy atom. The Balaban J connectivity index is 2.38. The number of thiophene rings is 1. The highest BCUT2D eigenvalue weighted by atomic mass is 35.5. The van der Waals surface area contributed by atoms with Gasteiger partial charge in [0, 0.05) is 6.92 Å². The second kappa shape index (κ2) is 3.55. The van der Waals surface area contributed by atoms with E-state index in [4.69, 9.17) is 11.6 Å². The van der Waals surface area contributed by atoms with Crippen molar-refractivity contribution in [3.63, 3.8) is 0 Å². The van der Waals surface area contributed by atoms with Crippen molar-refractivity contribution >= 4 is 28.7 Å². The molecule has 5 heteroatoms. The smallest absolute Gasteiger partial charge is 0.179 e. The van der Waals surface area contributed by atoms with Crippen LogP contribution in [0.25, 0.3) is 10.6 Å². The van der Waals surface area contributed by atoms with Gasteiger partial charge >= 0.3 is 0 Å². The zero-order chi connectivity index (χ0) is 10.1. The molecule has 2 rings (SSSR count). The molecule has 0 aromatic carbocycles. The molecule has 72 valence electrons. The summed E-state index contributed by atoms with van der Waals surface area (Å²) in [6, 6.07) is 5.44. The van der Waals surface area contributed by atoms with Crippen LogP contribution in [0.5, 0.6) is 0 Å². The molecule has 0 radical (unpaired) electrons. The van der Waals surface area contributed by atoms with Crippen molar-refractivity contribution in [2.45, 2.75) is 6.92 Å². The van der Waals surface area contributed by atoms with E-state index in [9.17, 15) is 4.79 Å². The highest BCUT2D eigenvalue weighted by Gasteiger charge is 2.08. The molecule has 0 aliphatic rings. The second-order valence-electron chi connectivity index (χ2n) is 2.83. The molecule has 2 aromatic rings. The molecule has 0 amide bonds. The Morgan fingerprint density at radius 1 is 1.57 bits per heavy atom. The first-order valence-corrected chi connectivity index (χ1v) is 5.18. The van der Waals surface area contributed by atoms with Gasteiger partial charge in [-0.25, -0.2) is 0 Å². The lowest BCUT2D eigenvalue weighted by molar-refractivity contribution is 0.101. The van der Waals surface area contributed by atoms with Gasteiger partial charge in [-0.15, -0.1) is 11.3 Å². The topological polar surface area (TPSA) is 45.8 Å². The maximum Gasteiger partial charge on any atom is 0.179 e. The fraction of sp³-hybridized carbons (Fsp3) is 0.111. The largest absolute Gasteiger partial charge is 0.293 e. The summed E-state index contributed by atoms with van der Waals surface area (Å²) < 4.78 is 0.721. The Hall–Kier alpha value is -1.13. The minimum Gasteiger partial charge on any atom is -0.293 e. The summed E-state index contributed by atoms with van der Waals surface area (Å²) in [6.07, 6.45) is 0. The molecule has 0 saturated heterocycles. The molecule has 0 atom stereocenters. The fourth-order valence-corrected chi connectivity index (χ4v) is 2.10. The van der Waals surface area contributed by atoms with Crippen molar-refractivity contribution in [2.24, 2.45) is 0 Å². The number of carbonyl (C=O) groups is 1. The molecule has 14 heavy (non-hydrogen) atoms. The molecular weight excluding hydrogens is 220 g/mol. The van der Waals surface area contributed by atoms with Gasteiger partial charge in [-0.3, -0.25) is 9.89 Å². The van der Waals surface area contributed by atoms with Crippen LogP contribution in [0, 0.1) is 0 Å². The van der Waals surface area contributed by atoms with Crippen LogP contribution < -0.4 is 0 Å². The molecule has 0 fully saturated rings. The maximum absolute atomic E-state index is 11.0. The van der Waals surface area contributed by atoms with Gasteiger partial charge < -0.3 is 0 Å². The van der Waals surface area contributed by atoms with Crippen molar-refractivity contribution in [2.75, 3.05) is 0 Å². The summed E-state index contributed by atoms with van der Waals surface area (Å²) in [4.78, 5) is 12.0. The van der Waals surface area contributed by atoms with E-state index in [0.717, 1.165) is 14.9 Å². The Bertz CT molecular complexity index is 475. The summed E-state index contributed by atoms with van der Waals surface area (Å²) in [5, 5.41) is 6.69. The van der Waals surface area contributed by atoms with E-state index in [0.29, 0.717) is 5.69 Å². The number of rotatable bonds is 2. The number of nitrogens with one attached hydrogen (secondary N) is 1. The lowest BCUT2D eigenvalue weighted by Gasteiger charge is -1.86. The van der Waals surface area contributed by atoms with Crippen molar-refractivity contribution < 1.29 is 4.79 Å². The molecule has 0 saturated carbocycles. The monoisotopic (exact) mass is 226 g/mol. The maximum atomic E-state index is 11.0. The number of hydrogen-bond donors (Lipinski definition) is 1. The van der Waals surface area contributed by atoms with Crippen LogP contribution in [0.3, 0.4) is 0 Å². The molecule has 0 spiro atoms. The summed E-state index contributed by atoms with van der Waals surface area (Å²) in [6.45, 7) is 1.49. The van der Waals surface area contributed by atoms with E-state index in [1.165, 1.54) is 18.3 Å². The number of halogens is 1. The van der Waals surface area contributed by atoms with Crippen molar-refractivity contribution in [3.05, 3.63) is 28.2 Å². The highest BCUT2D eigenvalue weighted by molar-refractivity contribution is 7.19. The average Bonchev–Trinajstić information content (AvgIpc) is 2.70. The van der Waals surface area contributed by atoms with Crippen LogP contribution in [-0.4, -0.2) is 16.0 Å². The van der Waals surface area contributed by atoms with Crippen LogP contribution in [0.2, 0.25) is 4.34 Å². The first-order chi connectivity index (χ1) is 6.66. The minimum absolute atomic E-state index is 0.0462. The van der Waals surface area contributed by atoms with Crippen molar-refractivity contribution in [3.8, 4) is 10.6 Å². The SMILES string of the molecule is CC(=O)c1cc(-c2ccc(Cl)s2)[nH]n1. The van der Waals surface area contributed by atoms with Gasteiger partial charge in [0.2, 0.25) is 0 Å². The molecular formula is C9H7ClN2OS. The number of H-pyrrole nitrogens is 1. The molecule has 0 aliphatic carbocycles. The number of nitrogens with zero attached hydrogens (tertiary/aromatic N) is 1. The third-order valence-electron chi connectivity index (χ3n) is 1.78. The minimum atomic E-state index is -0.0462. The fourth-order valence-electron chi connectivity index (χ4n) is 1.09. The third kappa shape index (κ3) is 1.71. The normalized spacial score (nSPS) is 10.4. The van der Waals surface area contributed by atoms with Gasteiger partial charge in [-0.2, -0.15) is 5.10 Å². The predicted octanol–water partition coefficient (Wildman–Crippen LogP) is 2.99. The molecule has 2 aromatic heterocycles. The first kappa shape index (κ1) is 9.43. The van der Waals surface area contributed by atoms with Gasteiger partial charge in [0.1, 0.15) is 5.69 Å². The predicted molar refractivity (Wildman–Crippen MR) is 56.9 cm³/mol. The molecule has 0 unspecified atom stereocenters. The Kier molecular flexibility index (Phi) is 2.39. The average molecular weight is 227 g/mol. The van der Waals surface area contributed by atoms with Gasteiger partial charge in [-0.1, -0.05) is 11.6 Å². The Morgan fingerprint density at radius 2 is 2.36 bits per heavy atom. The molecule has 2 heterocycles. The standard InChI is InChI=1S/C9H7ClN2OS/c1-5(13)6-4-7(12-11-6)8-2-3-9(10)14-8/h2-4H,1H3,(H,11,12). The van der Waals surface area contributed by atoms with Crippen LogP contribution in [0.4, 0.5) is 0 Å². The summed E-state index contributed by atoms with van der Waals surface area (Å²) in [7, 11) is 0. The lowest BCUT2D eigenvalue weighted by Crippen LogP contribution is -1.90. The summed E-state index contributed by atoms with van der Waals surface area (Å²) >= 11 is 7.25. The zero-order valence-electron chi connectivity index (χ0n) is 7.37. The van der Waals surface area contributed by atoms with Crippen molar-refractivity contribution in [1.82, 2.24) is 10.2 Å². The van der Waals surface area contributed by atoms with E-state index in [-0.39, 0.29) is 5.78 Å². The number of Topliss-reactive ketones (excluding diaryl/α,β-unsaturated/α-hetero) is 1. The Labute approximate surface area is 89.7 Å². The third-order valence-corrected chi connectivity index (χ3v) is 3.04. The summed E-state index contributed by atoms with van der Waals surface area (Å²) in [5.74, 6) is -0.0462. The van der Waals surface area contributed by atoms with Crippen LogP contribution in [-0.2, 0) is 0 Å². The number of aromatic amines is 1. The van der Waals surface area contributed by atoms with Crippen molar-refractivity contribution in [1.29, 1.82) is 0 Å². The van der Waals surface area contributed by atoms with Gasteiger partial charge in [0.15, 0.2) is 5.78 Å². The molecule has 0 aliphatic heterocycles. The number of carbonyl (C=O) groups excluding carboxylic acids is 1. The lowest BCUT2D eigenvalue weighted by atomic mass is 10.2. The van der Waals surface area contributed by atoms with Crippen LogP contribution >= 0.6 is 22.9 Å². The quantitative estimate of drug-likeness (QED) is 0.801. The van der Waals surface area contributed by atoms with Gasteiger partial charge in [-0.05, 0) is 18.2 Å². The van der Waals surface area contributed by atoms with E-state index < -0.39 is 0 Å². The molecule has 0 bridgehead atoms. The van der Waals surface area contributed by atoms with Crippen LogP contribution in [0.1, 0.15) is 17.4 Å². The second-order valence-corrected chi connectivity index (χ2v) is 4.54. The zero-order valence-corrected chi connectivity index (χ0v) is 8.95. The number of ketones is 1. The highest BCUT2D eigenvalue weighted by Crippen LogP contribution is 2.29. The van der Waals surface area contributed by atoms with E-state index in [1.807, 2.05) is 12.1 Å². The molecule has 1 N–H and O–H groups in total. The first-order valence-electron chi connectivity index (χ1n) is 3.99. The van der Waals surface area contributed by atoms with Crippen LogP contribution in [0.15, 0.2) is 18.2 Å². The molecule has 3 nitrogen and oxygen atoms in total. The summed E-state index contributed by atoms with van der Waals surface area (Å²) in [5.41, 5.74) is 1.27. The van der Waals surface area contributed by atoms with E-state index in [1.54, 1.807) is 6.07 Å². The van der Waals surface area contributed by atoms with E-state index in [2.05, 4.69) is 10.2 Å². The van der Waals surface area contributed by atoms with E-state index >= 15 is 0 Å². The number of hydrogen-bond acceptors (Lipinski definition) is 3.